The Morgan fingerprint density at radius 2 is 1.87 bits per heavy atom. The topological polar surface area (TPSA) is 101 Å². The Morgan fingerprint density at radius 3 is 2.55 bits per heavy atom. The van der Waals surface area contributed by atoms with Crippen LogP contribution in [0.2, 0.25) is 0 Å². The highest BCUT2D eigenvalue weighted by Gasteiger charge is 2.49. The van der Waals surface area contributed by atoms with Crippen LogP contribution in [0.5, 0.6) is 5.75 Å². The van der Waals surface area contributed by atoms with Crippen LogP contribution in [0.1, 0.15) is 19.3 Å². The molecule has 166 valence electrons. The molecule has 0 atom stereocenters. The van der Waals surface area contributed by atoms with E-state index in [0.29, 0.717) is 56.6 Å². The number of piperidine rings is 1. The van der Waals surface area contributed by atoms with Crippen molar-refractivity contribution in [1.82, 2.24) is 9.88 Å². The minimum atomic E-state index is -0.416. The third kappa shape index (κ3) is 3.38. The Bertz CT molecular complexity index is 1010. The molecule has 2 N–H and O–H groups in total. The molecule has 3 aliphatic rings. The van der Waals surface area contributed by atoms with Crippen LogP contribution in [-0.4, -0.2) is 74.9 Å². The summed E-state index contributed by atoms with van der Waals surface area (Å²) in [4.78, 5) is 35.5. The molecule has 1 aromatic heterocycles. The van der Waals surface area contributed by atoms with Crippen molar-refractivity contribution in [2.45, 2.75) is 19.3 Å². The smallest absolute Gasteiger partial charge is 0.314 e. The summed E-state index contributed by atoms with van der Waals surface area (Å²) in [5.74, 6) is 0.827. The van der Waals surface area contributed by atoms with Gasteiger partial charge in [-0.1, -0.05) is 11.3 Å². The summed E-state index contributed by atoms with van der Waals surface area (Å²) >= 11 is 1.55. The first-order chi connectivity index (χ1) is 15.0. The van der Waals surface area contributed by atoms with Crippen molar-refractivity contribution < 1.29 is 19.1 Å². The average Bonchev–Trinajstić information content (AvgIpc) is 3.36. The second-order valence-electron chi connectivity index (χ2n) is 8.37. The second kappa shape index (κ2) is 7.83. The molecule has 10 heteroatoms. The van der Waals surface area contributed by atoms with Gasteiger partial charge in [0, 0.05) is 32.7 Å². The monoisotopic (exact) mass is 445 g/mol. The molecule has 0 aliphatic carbocycles. The Balaban J connectivity index is 1.45. The molecule has 31 heavy (non-hydrogen) atoms. The lowest BCUT2D eigenvalue weighted by Gasteiger charge is -2.36. The summed E-state index contributed by atoms with van der Waals surface area (Å²) in [6.07, 6.45) is 2.08. The van der Waals surface area contributed by atoms with Crippen molar-refractivity contribution in [1.29, 1.82) is 0 Å². The van der Waals surface area contributed by atoms with Crippen molar-refractivity contribution in [3.63, 3.8) is 0 Å². The molecule has 2 aromatic rings. The first kappa shape index (κ1) is 20.3. The lowest BCUT2D eigenvalue weighted by Crippen LogP contribution is -2.48. The molecule has 3 saturated heterocycles. The number of carbonyl (C=O) groups excluding carboxylic acids is 2. The first-order valence-electron chi connectivity index (χ1n) is 10.7. The van der Waals surface area contributed by atoms with Crippen LogP contribution in [0, 0.1) is 5.41 Å². The quantitative estimate of drug-likeness (QED) is 0.776. The van der Waals surface area contributed by atoms with Crippen molar-refractivity contribution in [3.05, 3.63) is 12.1 Å². The van der Waals surface area contributed by atoms with E-state index >= 15 is 0 Å². The van der Waals surface area contributed by atoms with Crippen LogP contribution < -0.4 is 20.3 Å². The molecule has 5 rings (SSSR count). The number of morpholine rings is 1. The number of amides is 3. The predicted octanol–water partition coefficient (Wildman–Crippen LogP) is 2.04. The number of hydrogen-bond acceptors (Lipinski definition) is 7. The molecule has 9 nitrogen and oxygen atoms in total. The van der Waals surface area contributed by atoms with Crippen molar-refractivity contribution in [3.8, 4) is 5.75 Å². The van der Waals surface area contributed by atoms with Crippen molar-refractivity contribution in [2.24, 2.45) is 11.1 Å². The normalized spacial score (nSPS) is 21.3. The highest BCUT2D eigenvalue weighted by Crippen LogP contribution is 2.46. The van der Waals surface area contributed by atoms with Gasteiger partial charge in [0.25, 0.3) is 0 Å². The van der Waals surface area contributed by atoms with Gasteiger partial charge < -0.3 is 25.0 Å². The Kier molecular flexibility index (Phi) is 5.13. The number of nitrogens with two attached hydrogens (primary N) is 1. The molecule has 0 saturated carbocycles. The van der Waals surface area contributed by atoms with E-state index < -0.39 is 11.4 Å². The fourth-order valence-electron chi connectivity index (χ4n) is 4.91. The zero-order valence-corrected chi connectivity index (χ0v) is 18.4. The minimum absolute atomic E-state index is 0.113. The molecule has 4 heterocycles. The molecule has 3 amide bonds. The number of ether oxygens (including phenoxy) is 2. The SMILES string of the molecule is COc1ccc(N2CCOCC2)c2sc(N3CCC4(CCN(C(N)=O)CC4)C3=O)nc12. The average molecular weight is 446 g/mol. The number of nitrogens with zero attached hydrogens (tertiary/aromatic N) is 4. The summed E-state index contributed by atoms with van der Waals surface area (Å²) in [6, 6.07) is 3.61. The third-order valence-corrected chi connectivity index (χ3v) is 7.92. The minimum Gasteiger partial charge on any atom is -0.494 e. The van der Waals surface area contributed by atoms with Gasteiger partial charge in [0.05, 0.1) is 36.1 Å². The van der Waals surface area contributed by atoms with Crippen LogP contribution in [0.25, 0.3) is 10.2 Å². The number of carbonyl (C=O) groups is 2. The number of thiazole rings is 1. The third-order valence-electron chi connectivity index (χ3n) is 6.82. The zero-order valence-electron chi connectivity index (χ0n) is 17.6. The van der Waals surface area contributed by atoms with Gasteiger partial charge in [-0.25, -0.2) is 9.78 Å². The number of aromatic nitrogens is 1. The first-order valence-corrected chi connectivity index (χ1v) is 11.5. The fourth-order valence-corrected chi connectivity index (χ4v) is 6.06. The Labute approximate surface area is 184 Å². The maximum Gasteiger partial charge on any atom is 0.314 e. The number of fused-ring (bicyclic) bond motifs is 1. The number of rotatable bonds is 3. The maximum atomic E-state index is 13.5. The predicted molar refractivity (Wildman–Crippen MR) is 119 cm³/mol. The lowest BCUT2D eigenvalue weighted by atomic mass is 9.77. The fraction of sp³-hybridized carbons (Fsp3) is 0.571. The van der Waals surface area contributed by atoms with E-state index in [9.17, 15) is 9.59 Å². The van der Waals surface area contributed by atoms with Gasteiger partial charge in [0.2, 0.25) is 5.91 Å². The van der Waals surface area contributed by atoms with E-state index in [2.05, 4.69) is 11.0 Å². The molecule has 1 spiro atoms. The number of primary amides is 1. The van der Waals surface area contributed by atoms with E-state index in [4.69, 9.17) is 20.2 Å². The van der Waals surface area contributed by atoms with Gasteiger partial charge in [-0.15, -0.1) is 0 Å². The summed E-state index contributed by atoms with van der Waals surface area (Å²) in [7, 11) is 1.64. The van der Waals surface area contributed by atoms with Gasteiger partial charge in [0.15, 0.2) is 5.13 Å². The summed E-state index contributed by atoms with van der Waals surface area (Å²) in [5.41, 5.74) is 6.90. The van der Waals surface area contributed by atoms with Gasteiger partial charge in [0.1, 0.15) is 11.3 Å². The van der Waals surface area contributed by atoms with Crippen LogP contribution in [0.4, 0.5) is 15.6 Å². The number of anilines is 2. The van der Waals surface area contributed by atoms with Gasteiger partial charge in [-0.05, 0) is 31.4 Å². The van der Waals surface area contributed by atoms with Gasteiger partial charge >= 0.3 is 6.03 Å². The van der Waals surface area contributed by atoms with E-state index in [0.717, 1.165) is 35.4 Å². The number of likely N-dealkylation sites (tertiary alicyclic amines) is 1. The number of hydrogen-bond donors (Lipinski definition) is 1. The maximum absolute atomic E-state index is 13.5. The highest BCUT2D eigenvalue weighted by atomic mass is 32.1. The summed E-state index contributed by atoms with van der Waals surface area (Å²) in [6.45, 7) is 4.77. The van der Waals surface area contributed by atoms with E-state index in [1.807, 2.05) is 11.0 Å². The van der Waals surface area contributed by atoms with Gasteiger partial charge in [-0.3, -0.25) is 9.69 Å². The summed E-state index contributed by atoms with van der Waals surface area (Å²) in [5, 5.41) is 0.716. The molecule has 0 radical (unpaired) electrons. The van der Waals surface area contributed by atoms with Crippen molar-refractivity contribution >= 4 is 44.3 Å². The van der Waals surface area contributed by atoms with E-state index in [-0.39, 0.29) is 5.91 Å². The molecule has 3 aliphatic heterocycles. The zero-order chi connectivity index (χ0) is 21.6. The number of benzene rings is 1. The van der Waals surface area contributed by atoms with Crippen molar-refractivity contribution in [2.75, 3.05) is 62.8 Å². The molecular weight excluding hydrogens is 418 g/mol. The van der Waals surface area contributed by atoms with E-state index in [1.54, 1.807) is 23.3 Å². The Morgan fingerprint density at radius 1 is 1.16 bits per heavy atom. The number of urea groups is 1. The van der Waals surface area contributed by atoms with Crippen LogP contribution in [-0.2, 0) is 9.53 Å². The molecule has 1 aromatic carbocycles. The summed E-state index contributed by atoms with van der Waals surface area (Å²) < 4.78 is 12.1. The van der Waals surface area contributed by atoms with E-state index in [1.165, 1.54) is 0 Å². The largest absolute Gasteiger partial charge is 0.494 e. The standard InChI is InChI=1S/C21H27N5O4S/c1-29-15-3-2-14(24-10-12-30-13-11-24)17-16(15)23-20(31-17)26-9-6-21(18(26)27)4-7-25(8-5-21)19(22)28/h2-3H,4-13H2,1H3,(H2,22,28). The number of methoxy groups -OCH3 is 1. The molecule has 3 fully saturated rings. The van der Waals surface area contributed by atoms with Crippen LogP contribution in [0.3, 0.4) is 0 Å². The lowest BCUT2D eigenvalue weighted by molar-refractivity contribution is -0.127. The molecular formula is C21H27N5O4S. The van der Waals surface area contributed by atoms with Gasteiger partial charge in [-0.2, -0.15) is 0 Å². The Hall–Kier alpha value is -2.59. The molecule has 0 unspecified atom stereocenters. The van der Waals surface area contributed by atoms with Crippen LogP contribution in [0.15, 0.2) is 12.1 Å². The van der Waals surface area contributed by atoms with Crippen LogP contribution >= 0.6 is 11.3 Å². The highest BCUT2D eigenvalue weighted by molar-refractivity contribution is 7.23. The second-order valence-corrected chi connectivity index (χ2v) is 9.35. The molecule has 0 bridgehead atoms.